The summed E-state index contributed by atoms with van der Waals surface area (Å²) in [5.41, 5.74) is 1.31. The van der Waals surface area contributed by atoms with E-state index in [-0.39, 0.29) is 24.7 Å². The lowest BCUT2D eigenvalue weighted by atomic mass is 9.99. The van der Waals surface area contributed by atoms with Crippen molar-refractivity contribution in [3.8, 4) is 23.0 Å². The van der Waals surface area contributed by atoms with Crippen molar-refractivity contribution in [1.82, 2.24) is 0 Å². The lowest BCUT2D eigenvalue weighted by Crippen LogP contribution is -2.15. The second kappa shape index (κ2) is 8.20. The molecule has 2 aliphatic rings. The Morgan fingerprint density at radius 3 is 1.50 bits per heavy atom. The van der Waals surface area contributed by atoms with Gasteiger partial charge in [-0.1, -0.05) is 12.1 Å². The number of hydrogen-bond donors (Lipinski definition) is 0. The highest BCUT2D eigenvalue weighted by molar-refractivity contribution is 6.12. The zero-order chi connectivity index (χ0) is 21.1. The van der Waals surface area contributed by atoms with E-state index in [2.05, 4.69) is 0 Å². The normalized spacial score (nSPS) is 14.5. The molecule has 0 bridgehead atoms. The van der Waals surface area contributed by atoms with Crippen LogP contribution in [0.15, 0.2) is 47.5 Å². The number of ether oxygens (including phenoxy) is 6. The van der Waals surface area contributed by atoms with Gasteiger partial charge in [-0.3, -0.25) is 0 Å². The number of fused-ring (bicyclic) bond motifs is 2. The molecule has 8 nitrogen and oxygen atoms in total. The maximum absolute atomic E-state index is 12.5. The highest BCUT2D eigenvalue weighted by Crippen LogP contribution is 2.35. The summed E-state index contributed by atoms with van der Waals surface area (Å²) in [4.78, 5) is 25.1. The molecular formula is C22H18O8. The van der Waals surface area contributed by atoms with Gasteiger partial charge in [-0.25, -0.2) is 9.59 Å². The van der Waals surface area contributed by atoms with Gasteiger partial charge >= 0.3 is 11.9 Å². The van der Waals surface area contributed by atoms with Crippen molar-refractivity contribution in [2.24, 2.45) is 0 Å². The van der Waals surface area contributed by atoms with Gasteiger partial charge in [0.25, 0.3) is 0 Å². The quantitative estimate of drug-likeness (QED) is 0.422. The van der Waals surface area contributed by atoms with E-state index in [1.807, 2.05) is 0 Å². The number of hydrogen-bond acceptors (Lipinski definition) is 8. The maximum Gasteiger partial charge on any atom is 0.338 e. The van der Waals surface area contributed by atoms with E-state index in [9.17, 15) is 9.59 Å². The van der Waals surface area contributed by atoms with Gasteiger partial charge in [-0.2, -0.15) is 0 Å². The predicted octanol–water partition coefficient (Wildman–Crippen LogP) is 2.96. The molecule has 0 aromatic heterocycles. The van der Waals surface area contributed by atoms with Gasteiger partial charge < -0.3 is 28.4 Å². The third-order valence-electron chi connectivity index (χ3n) is 4.52. The molecule has 0 amide bonds. The second-order valence-electron chi connectivity index (χ2n) is 6.32. The molecular weight excluding hydrogens is 392 g/mol. The molecule has 8 heteroatoms. The lowest BCUT2D eigenvalue weighted by molar-refractivity contribution is -0.139. The first kappa shape index (κ1) is 19.4. The first-order chi connectivity index (χ1) is 14.6. The fourth-order valence-corrected chi connectivity index (χ4v) is 3.05. The number of carbonyl (C=O) groups is 2. The highest BCUT2D eigenvalue weighted by Gasteiger charge is 2.24. The predicted molar refractivity (Wildman–Crippen MR) is 105 cm³/mol. The van der Waals surface area contributed by atoms with Crippen molar-refractivity contribution >= 4 is 24.1 Å². The van der Waals surface area contributed by atoms with Crippen LogP contribution in [0.5, 0.6) is 23.0 Å². The van der Waals surface area contributed by atoms with Crippen LogP contribution in [-0.2, 0) is 19.1 Å². The van der Waals surface area contributed by atoms with E-state index in [0.29, 0.717) is 34.1 Å². The van der Waals surface area contributed by atoms with Crippen molar-refractivity contribution in [2.75, 3.05) is 27.8 Å². The van der Waals surface area contributed by atoms with Crippen LogP contribution in [0.2, 0.25) is 0 Å². The summed E-state index contributed by atoms with van der Waals surface area (Å²) in [5.74, 6) is 0.932. The second-order valence-corrected chi connectivity index (χ2v) is 6.32. The average molecular weight is 410 g/mol. The summed E-state index contributed by atoms with van der Waals surface area (Å²) in [6, 6.07) is 10.4. The van der Waals surface area contributed by atoms with E-state index < -0.39 is 11.9 Å². The summed E-state index contributed by atoms with van der Waals surface area (Å²) in [6.45, 7) is 0.258. The Hall–Kier alpha value is -3.94. The Kier molecular flexibility index (Phi) is 5.30. The van der Waals surface area contributed by atoms with Gasteiger partial charge in [0.15, 0.2) is 23.0 Å². The first-order valence-corrected chi connectivity index (χ1v) is 8.98. The topological polar surface area (TPSA) is 89.5 Å². The summed E-state index contributed by atoms with van der Waals surface area (Å²) in [6.07, 6.45) is 3.06. The Balaban J connectivity index is 1.79. The van der Waals surface area contributed by atoms with Crippen molar-refractivity contribution in [2.45, 2.75) is 0 Å². The molecule has 2 aliphatic heterocycles. The van der Waals surface area contributed by atoms with Crippen LogP contribution in [0.4, 0.5) is 0 Å². The van der Waals surface area contributed by atoms with E-state index in [1.165, 1.54) is 26.4 Å². The molecule has 0 aliphatic carbocycles. The van der Waals surface area contributed by atoms with Gasteiger partial charge in [0, 0.05) is 0 Å². The maximum atomic E-state index is 12.5. The van der Waals surface area contributed by atoms with Crippen molar-refractivity contribution < 1.29 is 38.0 Å². The van der Waals surface area contributed by atoms with Gasteiger partial charge in [0.1, 0.15) is 0 Å². The molecule has 4 rings (SSSR count). The third kappa shape index (κ3) is 3.80. The molecule has 0 atom stereocenters. The van der Waals surface area contributed by atoms with E-state index in [1.54, 1.807) is 36.4 Å². The number of methoxy groups -OCH3 is 2. The van der Waals surface area contributed by atoms with Crippen molar-refractivity contribution in [3.05, 3.63) is 58.7 Å². The van der Waals surface area contributed by atoms with Crippen molar-refractivity contribution in [1.29, 1.82) is 0 Å². The molecule has 0 saturated heterocycles. The Morgan fingerprint density at radius 1 is 0.700 bits per heavy atom. The Labute approximate surface area is 172 Å². The molecule has 154 valence electrons. The van der Waals surface area contributed by atoms with E-state index in [4.69, 9.17) is 28.4 Å². The smallest absolute Gasteiger partial charge is 0.338 e. The van der Waals surface area contributed by atoms with Crippen LogP contribution in [0.3, 0.4) is 0 Å². The van der Waals surface area contributed by atoms with Gasteiger partial charge in [-0.15, -0.1) is 0 Å². The molecule has 0 spiro atoms. The molecule has 0 N–H and O–H groups in total. The Bertz CT molecular complexity index is 981. The summed E-state index contributed by atoms with van der Waals surface area (Å²) >= 11 is 0. The molecule has 0 saturated carbocycles. The fraction of sp³-hybridized carbons (Fsp3) is 0.182. The third-order valence-corrected chi connectivity index (χ3v) is 4.52. The summed E-state index contributed by atoms with van der Waals surface area (Å²) in [5, 5.41) is 0. The molecule has 0 unspecified atom stereocenters. The molecule has 2 aromatic carbocycles. The molecule has 0 fully saturated rings. The summed E-state index contributed by atoms with van der Waals surface area (Å²) in [7, 11) is 2.48. The molecule has 2 aromatic rings. The van der Waals surface area contributed by atoms with Crippen LogP contribution in [0, 0.1) is 0 Å². The van der Waals surface area contributed by atoms with Crippen LogP contribution in [0.1, 0.15) is 11.1 Å². The molecule has 0 radical (unpaired) electrons. The minimum absolute atomic E-state index is 0.0286. The largest absolute Gasteiger partial charge is 0.465 e. The van der Waals surface area contributed by atoms with Crippen LogP contribution in [0.25, 0.3) is 12.2 Å². The fourth-order valence-electron chi connectivity index (χ4n) is 3.05. The minimum Gasteiger partial charge on any atom is -0.465 e. The molecule has 30 heavy (non-hydrogen) atoms. The van der Waals surface area contributed by atoms with Crippen molar-refractivity contribution in [3.63, 3.8) is 0 Å². The number of rotatable bonds is 5. The van der Waals surface area contributed by atoms with Gasteiger partial charge in [0.2, 0.25) is 13.6 Å². The zero-order valence-electron chi connectivity index (χ0n) is 16.3. The first-order valence-electron chi connectivity index (χ1n) is 8.98. The van der Waals surface area contributed by atoms with Gasteiger partial charge in [0.05, 0.1) is 25.4 Å². The average Bonchev–Trinajstić information content (AvgIpc) is 3.43. The van der Waals surface area contributed by atoms with E-state index >= 15 is 0 Å². The van der Waals surface area contributed by atoms with E-state index in [0.717, 1.165) is 0 Å². The van der Waals surface area contributed by atoms with Gasteiger partial charge in [-0.05, 0) is 47.5 Å². The monoisotopic (exact) mass is 410 g/mol. The standard InChI is InChI=1S/C22H18O8/c1-25-21(23)15(7-13-3-5-17-19(9-13)29-11-27-17)16(22(24)26-2)8-14-4-6-18-20(10-14)30-12-28-18/h3-10H,11-12H2,1-2H3/b15-7-,16-8+. The number of esters is 2. The highest BCUT2D eigenvalue weighted by atomic mass is 16.7. The number of carbonyl (C=O) groups excluding carboxylic acids is 2. The summed E-state index contributed by atoms with van der Waals surface area (Å²) < 4.78 is 31.2. The van der Waals surface area contributed by atoms with Crippen LogP contribution in [-0.4, -0.2) is 39.7 Å². The Morgan fingerprint density at radius 2 is 1.10 bits per heavy atom. The minimum atomic E-state index is -0.690. The zero-order valence-corrected chi connectivity index (χ0v) is 16.3. The number of benzene rings is 2. The van der Waals surface area contributed by atoms with Crippen LogP contribution >= 0.6 is 0 Å². The lowest BCUT2D eigenvalue weighted by Gasteiger charge is -2.10. The SMILES string of the molecule is COC(=O)C(=C\c1ccc2c(c1)OCO2)/C(=C\c1ccc2c(c1)OCO2)C(=O)OC. The van der Waals surface area contributed by atoms with Crippen LogP contribution < -0.4 is 18.9 Å². The molecule has 2 heterocycles.